The predicted octanol–water partition coefficient (Wildman–Crippen LogP) is 5.74. The number of hydrogen-bond donors (Lipinski definition) is 1. The van der Waals surface area contributed by atoms with Gasteiger partial charge in [-0.2, -0.15) is 0 Å². The maximum absolute atomic E-state index is 14.7. The monoisotopic (exact) mass is 492 g/mol. The van der Waals surface area contributed by atoms with Gasteiger partial charge in [-0.25, -0.2) is 14.4 Å². The Labute approximate surface area is 211 Å². The summed E-state index contributed by atoms with van der Waals surface area (Å²) >= 11 is 0. The standard InChI is InChI=1S/C28H33FN4O3/c1-4-25(34)21-14-22(27(29)26(15-21)35-3)18-36-24-16-30-28(31-17-24)32-23-8-6-19(7-9-23)20-10-12-33(5-2)13-11-20/h6-9,14-17,20H,4-5,10-13,18H2,1-3H3,(H,30,31,32). The molecule has 0 atom stereocenters. The van der Waals surface area contributed by atoms with Gasteiger partial charge in [0.25, 0.3) is 0 Å². The molecule has 0 amide bonds. The van der Waals surface area contributed by atoms with Crippen LogP contribution in [0, 0.1) is 5.82 Å². The van der Waals surface area contributed by atoms with Crippen LogP contribution in [0.15, 0.2) is 48.8 Å². The number of aromatic nitrogens is 2. The Hall–Kier alpha value is -3.52. The SMILES string of the molecule is CCC(=O)c1cc(COc2cnc(Nc3ccc(C4CCN(CC)CC4)cc3)nc2)c(F)c(OC)c1. The number of hydrogen-bond acceptors (Lipinski definition) is 7. The lowest BCUT2D eigenvalue weighted by Crippen LogP contribution is -2.32. The topological polar surface area (TPSA) is 76.6 Å². The van der Waals surface area contributed by atoms with Crippen LogP contribution in [0.1, 0.15) is 60.5 Å². The highest BCUT2D eigenvalue weighted by molar-refractivity contribution is 5.96. The molecule has 0 bridgehead atoms. The molecule has 0 radical (unpaired) electrons. The van der Waals surface area contributed by atoms with Gasteiger partial charge < -0.3 is 19.7 Å². The van der Waals surface area contributed by atoms with Gasteiger partial charge in [0, 0.05) is 23.2 Å². The summed E-state index contributed by atoms with van der Waals surface area (Å²) in [5, 5.41) is 3.20. The number of nitrogens with one attached hydrogen (secondary N) is 1. The van der Waals surface area contributed by atoms with Crippen LogP contribution >= 0.6 is 0 Å². The van der Waals surface area contributed by atoms with E-state index in [4.69, 9.17) is 9.47 Å². The molecule has 4 rings (SSSR count). The normalized spacial score (nSPS) is 14.4. The first-order valence-corrected chi connectivity index (χ1v) is 12.4. The molecule has 0 aliphatic carbocycles. The van der Waals surface area contributed by atoms with E-state index in [0.717, 1.165) is 25.3 Å². The number of carbonyl (C=O) groups excluding carboxylic acids is 1. The summed E-state index contributed by atoms with van der Waals surface area (Å²) in [5.74, 6) is 0.808. The Morgan fingerprint density at radius 2 is 1.81 bits per heavy atom. The van der Waals surface area contributed by atoms with Crippen LogP contribution in [-0.4, -0.2) is 47.4 Å². The lowest BCUT2D eigenvalue weighted by molar-refractivity contribution is 0.0987. The van der Waals surface area contributed by atoms with Crippen molar-refractivity contribution in [2.75, 3.05) is 32.1 Å². The number of likely N-dealkylation sites (tertiary alicyclic amines) is 1. The molecule has 8 heteroatoms. The molecule has 7 nitrogen and oxygen atoms in total. The van der Waals surface area contributed by atoms with Crippen molar-refractivity contribution in [3.8, 4) is 11.5 Å². The van der Waals surface area contributed by atoms with Crippen LogP contribution in [0.3, 0.4) is 0 Å². The summed E-state index contributed by atoms with van der Waals surface area (Å²) in [7, 11) is 1.37. The van der Waals surface area contributed by atoms with Gasteiger partial charge in [-0.3, -0.25) is 4.79 Å². The maximum atomic E-state index is 14.7. The van der Waals surface area contributed by atoms with Crippen molar-refractivity contribution in [1.82, 2.24) is 14.9 Å². The van der Waals surface area contributed by atoms with E-state index in [1.54, 1.807) is 6.92 Å². The van der Waals surface area contributed by atoms with Gasteiger partial charge in [0.2, 0.25) is 5.95 Å². The third kappa shape index (κ3) is 6.18. The summed E-state index contributed by atoms with van der Waals surface area (Å²) in [4.78, 5) is 23.2. The van der Waals surface area contributed by atoms with E-state index >= 15 is 0 Å². The van der Waals surface area contributed by atoms with Crippen molar-refractivity contribution < 1.29 is 18.7 Å². The summed E-state index contributed by atoms with van der Waals surface area (Å²) in [6, 6.07) is 11.4. The first-order chi connectivity index (χ1) is 17.5. The molecule has 0 unspecified atom stereocenters. The number of carbonyl (C=O) groups is 1. The highest BCUT2D eigenvalue weighted by Gasteiger charge is 2.19. The number of halogens is 1. The van der Waals surface area contributed by atoms with E-state index in [2.05, 4.69) is 51.4 Å². The summed E-state index contributed by atoms with van der Waals surface area (Å²) < 4.78 is 25.4. The van der Waals surface area contributed by atoms with Crippen LogP contribution in [0.4, 0.5) is 16.0 Å². The minimum Gasteiger partial charge on any atom is -0.494 e. The number of piperidine rings is 1. The first kappa shape index (κ1) is 25.6. The van der Waals surface area contributed by atoms with Gasteiger partial charge >= 0.3 is 0 Å². The number of anilines is 2. The Bertz CT molecular complexity index is 1160. The summed E-state index contributed by atoms with van der Waals surface area (Å²) in [6.07, 6.45) is 5.77. The van der Waals surface area contributed by atoms with Gasteiger partial charge in [0.1, 0.15) is 6.61 Å². The van der Waals surface area contributed by atoms with Gasteiger partial charge in [-0.15, -0.1) is 0 Å². The second-order valence-electron chi connectivity index (χ2n) is 8.91. The average Bonchev–Trinajstić information content (AvgIpc) is 2.93. The Balaban J connectivity index is 1.35. The summed E-state index contributed by atoms with van der Waals surface area (Å²) in [5.41, 5.74) is 2.90. The zero-order valence-corrected chi connectivity index (χ0v) is 21.1. The van der Waals surface area contributed by atoms with E-state index in [0.29, 0.717) is 29.6 Å². The predicted molar refractivity (Wildman–Crippen MR) is 138 cm³/mol. The zero-order chi connectivity index (χ0) is 25.5. The van der Waals surface area contributed by atoms with E-state index in [1.807, 2.05) is 0 Å². The van der Waals surface area contributed by atoms with Crippen LogP contribution in [-0.2, 0) is 6.61 Å². The molecule has 1 aliphatic heterocycles. The number of rotatable bonds is 10. The van der Waals surface area contributed by atoms with Gasteiger partial charge in [0.15, 0.2) is 23.1 Å². The maximum Gasteiger partial charge on any atom is 0.227 e. The second kappa shape index (κ2) is 11.9. The molecule has 1 aliphatic rings. The molecule has 1 N–H and O–H groups in total. The molecule has 2 heterocycles. The third-order valence-corrected chi connectivity index (χ3v) is 6.67. The Kier molecular flexibility index (Phi) is 8.48. The molecular weight excluding hydrogens is 459 g/mol. The van der Waals surface area contributed by atoms with Crippen molar-refractivity contribution in [1.29, 1.82) is 0 Å². The smallest absolute Gasteiger partial charge is 0.227 e. The van der Waals surface area contributed by atoms with E-state index in [1.165, 1.54) is 50.0 Å². The van der Waals surface area contributed by atoms with Crippen molar-refractivity contribution in [2.45, 2.75) is 45.6 Å². The lowest BCUT2D eigenvalue weighted by atomic mass is 9.89. The summed E-state index contributed by atoms with van der Waals surface area (Å²) in [6.45, 7) is 7.33. The number of benzene rings is 2. The number of Topliss-reactive ketones (excluding diaryl/α,β-unsaturated/α-hetero) is 1. The molecule has 190 valence electrons. The van der Waals surface area contributed by atoms with Crippen molar-refractivity contribution in [2.24, 2.45) is 0 Å². The van der Waals surface area contributed by atoms with E-state index < -0.39 is 5.82 Å². The van der Waals surface area contributed by atoms with Crippen molar-refractivity contribution >= 4 is 17.4 Å². The fraction of sp³-hybridized carbons (Fsp3) is 0.393. The molecule has 1 aromatic heterocycles. The Morgan fingerprint density at radius 1 is 1.11 bits per heavy atom. The molecule has 0 spiro atoms. The fourth-order valence-corrected chi connectivity index (χ4v) is 4.44. The van der Waals surface area contributed by atoms with Gasteiger partial charge in [-0.05, 0) is 68.2 Å². The minimum absolute atomic E-state index is 0.0149. The van der Waals surface area contributed by atoms with Crippen molar-refractivity contribution in [3.63, 3.8) is 0 Å². The number of ketones is 1. The van der Waals surface area contributed by atoms with Crippen molar-refractivity contribution in [3.05, 3.63) is 71.3 Å². The second-order valence-corrected chi connectivity index (χ2v) is 8.91. The Morgan fingerprint density at radius 3 is 2.42 bits per heavy atom. The van der Waals surface area contributed by atoms with E-state index in [9.17, 15) is 9.18 Å². The van der Waals surface area contributed by atoms with Gasteiger partial charge in [-0.1, -0.05) is 26.0 Å². The molecule has 1 fully saturated rings. The van der Waals surface area contributed by atoms with Crippen LogP contribution in [0.5, 0.6) is 11.5 Å². The molecule has 3 aromatic rings. The number of ether oxygens (including phenoxy) is 2. The third-order valence-electron chi connectivity index (χ3n) is 6.67. The van der Waals surface area contributed by atoms with E-state index in [-0.39, 0.29) is 23.7 Å². The largest absolute Gasteiger partial charge is 0.494 e. The van der Waals surface area contributed by atoms with Crippen LogP contribution in [0.25, 0.3) is 0 Å². The quantitative estimate of drug-likeness (QED) is 0.362. The molecule has 1 saturated heterocycles. The molecule has 36 heavy (non-hydrogen) atoms. The lowest BCUT2D eigenvalue weighted by Gasteiger charge is -2.31. The zero-order valence-electron chi connectivity index (χ0n) is 21.1. The van der Waals surface area contributed by atoms with Crippen LogP contribution in [0.2, 0.25) is 0 Å². The molecule has 0 saturated carbocycles. The first-order valence-electron chi connectivity index (χ1n) is 12.4. The number of methoxy groups -OCH3 is 1. The highest BCUT2D eigenvalue weighted by atomic mass is 19.1. The average molecular weight is 493 g/mol. The van der Waals surface area contributed by atoms with Gasteiger partial charge in [0.05, 0.1) is 19.5 Å². The fourth-order valence-electron chi connectivity index (χ4n) is 4.44. The van der Waals surface area contributed by atoms with Crippen LogP contribution < -0.4 is 14.8 Å². The number of nitrogens with zero attached hydrogens (tertiary/aromatic N) is 3. The molecule has 2 aromatic carbocycles. The minimum atomic E-state index is -0.552. The highest BCUT2D eigenvalue weighted by Crippen LogP contribution is 2.29. The molecular formula is C28H33FN4O3.